The topological polar surface area (TPSA) is 61.1 Å². The highest BCUT2D eigenvalue weighted by atomic mass is 16.4. The van der Waals surface area contributed by atoms with E-state index < -0.39 is 5.97 Å². The van der Waals surface area contributed by atoms with E-state index >= 15 is 0 Å². The van der Waals surface area contributed by atoms with E-state index in [9.17, 15) is 9.90 Å². The van der Waals surface area contributed by atoms with Crippen molar-refractivity contribution >= 4 is 17.6 Å². The highest BCUT2D eigenvalue weighted by molar-refractivity contribution is 5.92. The van der Waals surface area contributed by atoms with E-state index in [-0.39, 0.29) is 5.57 Å². The highest BCUT2D eigenvalue weighted by Gasteiger charge is 2.07. The van der Waals surface area contributed by atoms with E-state index in [0.29, 0.717) is 0 Å². The first-order valence-corrected chi connectivity index (χ1v) is 8.12. The lowest BCUT2D eigenvalue weighted by molar-refractivity contribution is -0.132. The molecule has 2 aromatic carbocycles. The van der Waals surface area contributed by atoms with Gasteiger partial charge in [-0.05, 0) is 41.3 Å². The number of nitriles is 1. The zero-order chi connectivity index (χ0) is 18.8. The Labute approximate surface area is 153 Å². The molecule has 0 heterocycles. The molecule has 0 radical (unpaired) electrons. The maximum absolute atomic E-state index is 11.3. The minimum atomic E-state index is -0.978. The van der Waals surface area contributed by atoms with Crippen LogP contribution in [-0.4, -0.2) is 11.1 Å². The number of benzene rings is 2. The molecular weight excluding hydrogens is 322 g/mol. The van der Waals surface area contributed by atoms with Crippen molar-refractivity contribution in [1.29, 1.82) is 5.26 Å². The number of carboxylic acid groups (broad SMARTS) is 1. The molecule has 0 aliphatic heterocycles. The van der Waals surface area contributed by atoms with Crippen molar-refractivity contribution in [2.45, 2.75) is 6.92 Å². The van der Waals surface area contributed by atoms with Gasteiger partial charge >= 0.3 is 5.97 Å². The third-order valence-corrected chi connectivity index (χ3v) is 3.69. The van der Waals surface area contributed by atoms with Crippen LogP contribution in [0.5, 0.6) is 0 Å². The minimum Gasteiger partial charge on any atom is -0.478 e. The largest absolute Gasteiger partial charge is 0.478 e. The summed E-state index contributed by atoms with van der Waals surface area (Å²) in [6, 6.07) is 21.3. The van der Waals surface area contributed by atoms with Gasteiger partial charge in [0.25, 0.3) is 0 Å². The Kier molecular flexibility index (Phi) is 6.91. The number of hydrogen-bond acceptors (Lipinski definition) is 2. The van der Waals surface area contributed by atoms with E-state index in [1.54, 1.807) is 19.1 Å². The molecule has 0 spiro atoms. The van der Waals surface area contributed by atoms with Crippen LogP contribution < -0.4 is 0 Å². The molecular formula is C23H19NO2. The van der Waals surface area contributed by atoms with Crippen LogP contribution in [0.3, 0.4) is 0 Å². The van der Waals surface area contributed by atoms with Crippen LogP contribution in [0.1, 0.15) is 18.1 Å². The van der Waals surface area contributed by atoms with Crippen LogP contribution in [0.4, 0.5) is 0 Å². The van der Waals surface area contributed by atoms with Crippen molar-refractivity contribution < 1.29 is 9.90 Å². The molecule has 0 amide bonds. The molecule has 0 aliphatic rings. The summed E-state index contributed by atoms with van der Waals surface area (Å²) in [7, 11) is 0. The van der Waals surface area contributed by atoms with Gasteiger partial charge in [0.1, 0.15) is 0 Å². The molecule has 3 heteroatoms. The summed E-state index contributed by atoms with van der Waals surface area (Å²) in [6.07, 6.45) is 8.52. The molecule has 0 atom stereocenters. The predicted octanol–water partition coefficient (Wildman–Crippen LogP) is 5.26. The first-order chi connectivity index (χ1) is 12.6. The summed E-state index contributed by atoms with van der Waals surface area (Å²) in [6.45, 7) is 1.55. The number of carbonyl (C=O) groups is 1. The van der Waals surface area contributed by atoms with Gasteiger partial charge in [-0.2, -0.15) is 5.26 Å². The Morgan fingerprint density at radius 1 is 1.00 bits per heavy atom. The van der Waals surface area contributed by atoms with Crippen molar-refractivity contribution in [2.24, 2.45) is 0 Å². The van der Waals surface area contributed by atoms with Crippen LogP contribution in [0, 0.1) is 11.3 Å². The maximum atomic E-state index is 11.3. The summed E-state index contributed by atoms with van der Waals surface area (Å²) in [5.74, 6) is -0.978. The zero-order valence-corrected chi connectivity index (χ0v) is 14.5. The summed E-state index contributed by atoms with van der Waals surface area (Å²) < 4.78 is 0. The van der Waals surface area contributed by atoms with E-state index in [4.69, 9.17) is 5.26 Å². The van der Waals surface area contributed by atoms with Gasteiger partial charge in [0.2, 0.25) is 0 Å². The molecule has 1 N–H and O–H groups in total. The Morgan fingerprint density at radius 2 is 1.62 bits per heavy atom. The first-order valence-electron chi connectivity index (χ1n) is 8.12. The standard InChI is InChI=1S/C23H19NO2/c1-18(23(25)26)17-22(20-11-6-3-7-12-20)21(13-8-16-24)15-14-19-9-4-2-5-10-19/h2-15,17H,1H3,(H,25,26). The van der Waals surface area contributed by atoms with Crippen LogP contribution in [0.2, 0.25) is 0 Å². The number of allylic oxidation sites excluding steroid dienone is 6. The fourth-order valence-corrected chi connectivity index (χ4v) is 2.34. The Morgan fingerprint density at radius 3 is 2.19 bits per heavy atom. The lowest BCUT2D eigenvalue weighted by Gasteiger charge is -2.08. The minimum absolute atomic E-state index is 0.222. The summed E-state index contributed by atoms with van der Waals surface area (Å²) in [5.41, 5.74) is 3.61. The number of hydrogen-bond donors (Lipinski definition) is 1. The maximum Gasteiger partial charge on any atom is 0.331 e. The average molecular weight is 341 g/mol. The molecule has 3 nitrogen and oxygen atoms in total. The summed E-state index contributed by atoms with van der Waals surface area (Å²) in [4.78, 5) is 11.3. The molecule has 0 aliphatic carbocycles. The number of carboxylic acids is 1. The van der Waals surface area contributed by atoms with Gasteiger partial charge < -0.3 is 5.11 Å². The quantitative estimate of drug-likeness (QED) is 0.442. The van der Waals surface area contributed by atoms with Crippen molar-refractivity contribution in [3.8, 4) is 6.07 Å². The summed E-state index contributed by atoms with van der Waals surface area (Å²) >= 11 is 0. The monoisotopic (exact) mass is 341 g/mol. The van der Waals surface area contributed by atoms with Gasteiger partial charge in [-0.1, -0.05) is 72.8 Å². The highest BCUT2D eigenvalue weighted by Crippen LogP contribution is 2.24. The van der Waals surface area contributed by atoms with Crippen molar-refractivity contribution in [1.82, 2.24) is 0 Å². The molecule has 0 saturated carbocycles. The lowest BCUT2D eigenvalue weighted by atomic mass is 9.96. The van der Waals surface area contributed by atoms with Crippen LogP contribution >= 0.6 is 0 Å². The van der Waals surface area contributed by atoms with Gasteiger partial charge in [0.15, 0.2) is 0 Å². The van der Waals surface area contributed by atoms with E-state index in [1.165, 1.54) is 6.08 Å². The van der Waals surface area contributed by atoms with E-state index in [2.05, 4.69) is 0 Å². The third-order valence-electron chi connectivity index (χ3n) is 3.69. The molecule has 0 bridgehead atoms. The van der Waals surface area contributed by atoms with E-state index in [1.807, 2.05) is 78.9 Å². The SMILES string of the molecule is CC(=CC(=C(C=CC#N)C=Cc1ccccc1)c1ccccc1)C(=O)O. The molecule has 0 unspecified atom stereocenters. The van der Waals surface area contributed by atoms with Crippen LogP contribution in [0.15, 0.2) is 96.1 Å². The molecule has 0 aromatic heterocycles. The average Bonchev–Trinajstić information content (AvgIpc) is 2.68. The van der Waals surface area contributed by atoms with Crippen LogP contribution in [-0.2, 0) is 4.79 Å². The van der Waals surface area contributed by atoms with Gasteiger partial charge in [-0.15, -0.1) is 0 Å². The second-order valence-electron chi connectivity index (χ2n) is 5.57. The van der Waals surface area contributed by atoms with Gasteiger partial charge in [-0.25, -0.2) is 4.79 Å². The molecule has 2 rings (SSSR count). The number of aliphatic carboxylic acids is 1. The van der Waals surface area contributed by atoms with Crippen LogP contribution in [0.25, 0.3) is 11.6 Å². The van der Waals surface area contributed by atoms with Crippen molar-refractivity contribution in [3.05, 3.63) is 107 Å². The van der Waals surface area contributed by atoms with Gasteiger partial charge in [0, 0.05) is 11.6 Å². The fourth-order valence-electron chi connectivity index (χ4n) is 2.34. The molecule has 128 valence electrons. The molecule has 0 saturated heterocycles. The smallest absolute Gasteiger partial charge is 0.331 e. The lowest BCUT2D eigenvalue weighted by Crippen LogP contribution is -1.97. The molecule has 26 heavy (non-hydrogen) atoms. The van der Waals surface area contributed by atoms with Crippen molar-refractivity contribution in [2.75, 3.05) is 0 Å². The summed E-state index contributed by atoms with van der Waals surface area (Å²) in [5, 5.41) is 18.2. The van der Waals surface area contributed by atoms with Gasteiger partial charge in [0.05, 0.1) is 6.07 Å². The normalized spacial score (nSPS) is 12.8. The second kappa shape index (κ2) is 9.61. The zero-order valence-electron chi connectivity index (χ0n) is 14.5. The Balaban J connectivity index is 2.64. The number of rotatable bonds is 6. The number of nitrogens with zero attached hydrogens (tertiary/aromatic N) is 1. The molecule has 0 fully saturated rings. The van der Waals surface area contributed by atoms with Crippen molar-refractivity contribution in [3.63, 3.8) is 0 Å². The Hall–Kier alpha value is -3.64. The predicted molar refractivity (Wildman–Crippen MR) is 105 cm³/mol. The fraction of sp³-hybridized carbons (Fsp3) is 0.0435. The second-order valence-corrected chi connectivity index (χ2v) is 5.57. The third kappa shape index (κ3) is 5.47. The Bertz CT molecular complexity index is 912. The van der Waals surface area contributed by atoms with E-state index in [0.717, 1.165) is 22.3 Å². The molecule has 2 aromatic rings. The van der Waals surface area contributed by atoms with Gasteiger partial charge in [-0.3, -0.25) is 0 Å². The first kappa shape index (κ1) is 18.7.